The third kappa shape index (κ3) is 48.8. The van der Waals surface area contributed by atoms with Crippen LogP contribution in [0.15, 0.2) is 0 Å². The third-order valence-electron chi connectivity index (χ3n) is 17.9. The summed E-state index contributed by atoms with van der Waals surface area (Å²) >= 11 is -7.08. The number of unbranched alkanes of at least 4 members (excludes halogenated alkanes) is 40. The van der Waals surface area contributed by atoms with Crippen LogP contribution in [0.4, 0.5) is 0 Å². The molecule has 0 aliphatic heterocycles. The monoisotopic (exact) mass is 1420 g/mol. The van der Waals surface area contributed by atoms with Gasteiger partial charge in [0.1, 0.15) is 0 Å². The Morgan fingerprint density at radius 3 is 0.484 bits per heavy atom. The molecule has 16 nitrogen and oxygen atoms in total. The molecule has 0 aromatic rings. The fourth-order valence-corrected chi connectivity index (χ4v) is 16.6. The average molecular weight is 1420 g/mol. The first-order valence-corrected chi connectivity index (χ1v) is 43.4. The van der Waals surface area contributed by atoms with Gasteiger partial charge in [0, 0.05) is 0 Å². The maximum absolute atomic E-state index is 15.0. The average Bonchev–Trinajstić information content (AvgIpc) is 0.842. The van der Waals surface area contributed by atoms with Gasteiger partial charge >= 0.3 is 422 Å². The molecule has 0 bridgehead atoms. The second-order valence-electron chi connectivity index (χ2n) is 28.5. The van der Waals surface area contributed by atoms with Gasteiger partial charge in [-0.1, -0.05) is 156 Å². The number of carbonyl (C=O) groups excluding carboxylic acids is 8. The number of rotatable bonds is 64. The topological polar surface area (TPSA) is 222 Å². The predicted molar refractivity (Wildman–Crippen MR) is 382 cm³/mol. The summed E-state index contributed by atoms with van der Waals surface area (Å²) in [6.07, 6.45) is 48.7. The Morgan fingerprint density at radius 1 is 0.226 bits per heavy atom. The van der Waals surface area contributed by atoms with Crippen molar-refractivity contribution in [2.75, 3.05) is 0 Å². The first-order chi connectivity index (χ1) is 44.7. The van der Waals surface area contributed by atoms with Crippen LogP contribution in [0.3, 0.4) is 0 Å². The van der Waals surface area contributed by atoms with E-state index in [2.05, 4.69) is 49.0 Å². The van der Waals surface area contributed by atoms with Crippen molar-refractivity contribution in [2.45, 2.75) is 415 Å². The summed E-state index contributed by atoms with van der Waals surface area (Å²) in [7, 11) is 0. The SMILES string of the molecule is CCCCCCCCCCCCCC(=O)N[C@H](C(=O)[O][Sn]([O]C(=O)[C@@H](NC(=O)CCCCCCCCCCCCC)C(C)C)([O]C(=O)[C@@H](NC(=O)CCCCCCCCCCCCC)C(C)C)[O]C(=O)[C@@H](NC(=O)CCCCCCCCCCCCC)C(C)C)C(C)C. The minimum absolute atomic E-state index is 0.125. The third-order valence-corrected chi connectivity index (χ3v) is 23.0. The van der Waals surface area contributed by atoms with Crippen molar-refractivity contribution in [3.05, 3.63) is 0 Å². The summed E-state index contributed by atoms with van der Waals surface area (Å²) in [6, 6.07) is -5.55. The van der Waals surface area contributed by atoms with E-state index < -0.39 is 115 Å². The van der Waals surface area contributed by atoms with Crippen LogP contribution in [-0.4, -0.2) is 91.7 Å². The van der Waals surface area contributed by atoms with Crippen molar-refractivity contribution in [3.8, 4) is 0 Å². The Morgan fingerprint density at radius 2 is 0.355 bits per heavy atom. The van der Waals surface area contributed by atoms with Crippen LogP contribution in [0.2, 0.25) is 0 Å². The summed E-state index contributed by atoms with van der Waals surface area (Å²) in [5, 5.41) is 11.2. The number of carbonyl (C=O) groups is 8. The Labute approximate surface area is 575 Å². The van der Waals surface area contributed by atoms with Crippen LogP contribution in [0.25, 0.3) is 0 Å². The van der Waals surface area contributed by atoms with Crippen LogP contribution in [-0.2, 0) is 50.7 Å². The Bertz CT molecular complexity index is 1660. The second-order valence-corrected chi connectivity index (χ2v) is 33.7. The molecule has 0 radical (unpaired) electrons. The molecule has 544 valence electrons. The summed E-state index contributed by atoms with van der Waals surface area (Å²) in [5.74, 6) is -8.89. The fraction of sp³-hybridized carbons (Fsp3) is 0.895. The van der Waals surface area contributed by atoms with Gasteiger partial charge in [-0.25, -0.2) is 0 Å². The first kappa shape index (κ1) is 89.6. The molecule has 0 saturated heterocycles. The van der Waals surface area contributed by atoms with Gasteiger partial charge in [0.15, 0.2) is 0 Å². The molecule has 0 saturated carbocycles. The van der Waals surface area contributed by atoms with Crippen molar-refractivity contribution in [3.63, 3.8) is 0 Å². The molecule has 0 rings (SSSR count). The van der Waals surface area contributed by atoms with Gasteiger partial charge in [-0.2, -0.15) is 0 Å². The van der Waals surface area contributed by atoms with Gasteiger partial charge in [-0.05, 0) is 0 Å². The van der Waals surface area contributed by atoms with Crippen LogP contribution in [0, 0.1) is 23.7 Å². The molecule has 0 spiro atoms. The molecule has 0 heterocycles. The van der Waals surface area contributed by atoms with E-state index in [0.717, 1.165) is 103 Å². The molecule has 17 heteroatoms. The number of hydrogen-bond donors (Lipinski definition) is 4. The molecule has 4 atom stereocenters. The van der Waals surface area contributed by atoms with Gasteiger partial charge in [0.2, 0.25) is 0 Å². The number of nitrogens with one attached hydrogen (secondary N) is 4. The summed E-state index contributed by atoms with van der Waals surface area (Å²) < 4.78 is 24.8. The van der Waals surface area contributed by atoms with E-state index in [1.807, 2.05) is 0 Å². The van der Waals surface area contributed by atoms with Crippen molar-refractivity contribution in [1.82, 2.24) is 21.3 Å². The minimum atomic E-state index is -7.08. The van der Waals surface area contributed by atoms with Crippen molar-refractivity contribution < 1.29 is 50.7 Å². The van der Waals surface area contributed by atoms with Gasteiger partial charge in [0.05, 0.1) is 0 Å². The van der Waals surface area contributed by atoms with E-state index in [9.17, 15) is 38.4 Å². The van der Waals surface area contributed by atoms with E-state index in [1.165, 1.54) is 154 Å². The normalized spacial score (nSPS) is 13.0. The van der Waals surface area contributed by atoms with Crippen molar-refractivity contribution in [1.29, 1.82) is 0 Å². The van der Waals surface area contributed by atoms with Crippen LogP contribution in [0.5, 0.6) is 0 Å². The molecular formula is C76H144N4O12Sn. The molecule has 93 heavy (non-hydrogen) atoms. The van der Waals surface area contributed by atoms with E-state index in [-0.39, 0.29) is 25.7 Å². The molecule has 0 fully saturated rings. The van der Waals surface area contributed by atoms with Crippen molar-refractivity contribution >= 4 is 67.5 Å². The van der Waals surface area contributed by atoms with Gasteiger partial charge in [-0.3, -0.25) is 0 Å². The molecule has 0 aromatic carbocycles. The standard InChI is InChI=1S/4C19H37NO3.Sn/c4*1-4-5-6-7-8-9-10-11-12-13-14-15-17(21)20-18(16(2)3)19(22)23;/h4*16,18H,4-15H2,1-3H3,(H,20,21)(H,22,23);/q;;;;+4/p-4/t4*18-;/m0000./s1. The maximum atomic E-state index is 15.0. The molecular weight excluding hydrogens is 1280 g/mol. The fourth-order valence-electron chi connectivity index (χ4n) is 11.6. The van der Waals surface area contributed by atoms with E-state index in [4.69, 9.17) is 12.3 Å². The van der Waals surface area contributed by atoms with Gasteiger partial charge < -0.3 is 0 Å². The van der Waals surface area contributed by atoms with Crippen LogP contribution < -0.4 is 21.3 Å². The Hall–Kier alpha value is -3.44. The summed E-state index contributed by atoms with van der Waals surface area (Å²) in [6.45, 7) is 22.4. The molecule has 4 N–H and O–H groups in total. The van der Waals surface area contributed by atoms with E-state index in [0.29, 0.717) is 25.7 Å². The molecule has 0 unspecified atom stereocenters. The second kappa shape index (κ2) is 59.8. The quantitative estimate of drug-likeness (QED) is 0.0330. The Balaban J connectivity index is 7.15. The molecule has 0 aliphatic rings. The van der Waals surface area contributed by atoms with E-state index >= 15 is 0 Å². The van der Waals surface area contributed by atoms with E-state index in [1.54, 1.807) is 55.4 Å². The zero-order chi connectivity index (χ0) is 69.3. The van der Waals surface area contributed by atoms with Crippen LogP contribution in [0.1, 0.15) is 391 Å². The van der Waals surface area contributed by atoms with Gasteiger partial charge in [-0.15, -0.1) is 0 Å². The molecule has 4 amide bonds. The summed E-state index contributed by atoms with van der Waals surface area (Å²) in [5.41, 5.74) is 0. The predicted octanol–water partition coefficient (Wildman–Crippen LogP) is 19.0. The first-order valence-electron chi connectivity index (χ1n) is 38.8. The van der Waals surface area contributed by atoms with Crippen molar-refractivity contribution in [2.24, 2.45) is 23.7 Å². The summed E-state index contributed by atoms with van der Waals surface area (Å²) in [4.78, 5) is 115. The van der Waals surface area contributed by atoms with Crippen LogP contribution >= 0.6 is 0 Å². The Kier molecular flexibility index (Phi) is 57.6. The van der Waals surface area contributed by atoms with Gasteiger partial charge in [0.25, 0.3) is 0 Å². The zero-order valence-corrected chi connectivity index (χ0v) is 64.8. The number of hydrogen-bond acceptors (Lipinski definition) is 12. The number of amides is 4. The zero-order valence-electron chi connectivity index (χ0n) is 62.0. The molecule has 0 aromatic heterocycles. The molecule has 0 aliphatic carbocycles.